The molecule has 26 heavy (non-hydrogen) atoms. The summed E-state index contributed by atoms with van der Waals surface area (Å²) in [6.07, 6.45) is 1.67. The minimum Gasteiger partial charge on any atom is -0.466 e. The molecule has 2 N–H and O–H groups in total. The normalized spacial score (nSPS) is 10.3. The second kappa shape index (κ2) is 8.11. The average Bonchev–Trinajstić information content (AvgIpc) is 3.13. The number of benzene rings is 2. The highest BCUT2D eigenvalue weighted by molar-refractivity contribution is 6.03. The lowest BCUT2D eigenvalue weighted by molar-refractivity contribution is -0.142. The lowest BCUT2D eigenvalue weighted by Gasteiger charge is -2.06. The van der Waals surface area contributed by atoms with Gasteiger partial charge in [0.2, 0.25) is 0 Å². The van der Waals surface area contributed by atoms with Crippen molar-refractivity contribution in [1.29, 1.82) is 0 Å². The highest BCUT2D eigenvalue weighted by Crippen LogP contribution is 2.16. The van der Waals surface area contributed by atoms with Gasteiger partial charge in [-0.3, -0.25) is 9.59 Å². The molecular weight excluding hydrogens is 330 g/mol. The van der Waals surface area contributed by atoms with Gasteiger partial charge in [0.1, 0.15) is 11.5 Å². The number of esters is 1. The molecule has 0 spiro atoms. The summed E-state index contributed by atoms with van der Waals surface area (Å²) in [5.41, 5.74) is 2.64. The van der Waals surface area contributed by atoms with Gasteiger partial charge < -0.3 is 15.0 Å². The van der Waals surface area contributed by atoms with Crippen LogP contribution in [0.4, 0.5) is 5.69 Å². The molecule has 1 amide bonds. The number of amides is 1. The fourth-order valence-corrected chi connectivity index (χ4v) is 2.52. The van der Waals surface area contributed by atoms with Gasteiger partial charge in [0, 0.05) is 11.3 Å². The number of aromatic nitrogens is 2. The van der Waals surface area contributed by atoms with Crippen LogP contribution in [0, 0.1) is 0 Å². The standard InChI is InChI=1S/C20H19N3O3/c1-2-26-18(24)12-14-7-6-10-16(11-14)22-20(25)17-13-21-19(23-17)15-8-4-3-5-9-15/h3-11,13H,2,12H2,1H3,(H,21,23)(H,22,25). The maximum atomic E-state index is 12.4. The summed E-state index contributed by atoms with van der Waals surface area (Å²) in [5, 5.41) is 2.81. The maximum Gasteiger partial charge on any atom is 0.310 e. The third kappa shape index (κ3) is 4.36. The number of carbonyl (C=O) groups excluding carboxylic acids is 2. The predicted molar refractivity (Wildman–Crippen MR) is 98.8 cm³/mol. The minimum absolute atomic E-state index is 0.166. The van der Waals surface area contributed by atoms with Crippen LogP contribution in [-0.4, -0.2) is 28.5 Å². The molecule has 0 unspecified atom stereocenters. The molecule has 3 rings (SSSR count). The highest BCUT2D eigenvalue weighted by atomic mass is 16.5. The van der Waals surface area contributed by atoms with Gasteiger partial charge in [0.05, 0.1) is 19.2 Å². The first kappa shape index (κ1) is 17.4. The molecule has 1 aromatic heterocycles. The Morgan fingerprint density at radius 3 is 2.69 bits per heavy atom. The number of anilines is 1. The van der Waals surface area contributed by atoms with E-state index in [2.05, 4.69) is 15.3 Å². The van der Waals surface area contributed by atoms with Crippen LogP contribution in [0.5, 0.6) is 0 Å². The molecule has 0 saturated carbocycles. The Kier molecular flexibility index (Phi) is 5.43. The Bertz CT molecular complexity index is 903. The number of hydrogen-bond acceptors (Lipinski definition) is 4. The van der Waals surface area contributed by atoms with Crippen molar-refractivity contribution in [2.75, 3.05) is 11.9 Å². The van der Waals surface area contributed by atoms with E-state index in [0.29, 0.717) is 23.8 Å². The van der Waals surface area contributed by atoms with E-state index in [4.69, 9.17) is 4.74 Å². The number of aromatic amines is 1. The van der Waals surface area contributed by atoms with E-state index < -0.39 is 0 Å². The van der Waals surface area contributed by atoms with E-state index in [0.717, 1.165) is 11.1 Å². The highest BCUT2D eigenvalue weighted by Gasteiger charge is 2.12. The van der Waals surface area contributed by atoms with Crippen molar-refractivity contribution >= 4 is 17.6 Å². The minimum atomic E-state index is -0.298. The molecule has 1 heterocycles. The van der Waals surface area contributed by atoms with Gasteiger partial charge >= 0.3 is 5.97 Å². The Morgan fingerprint density at radius 2 is 1.92 bits per heavy atom. The van der Waals surface area contributed by atoms with E-state index in [1.54, 1.807) is 25.1 Å². The van der Waals surface area contributed by atoms with Crippen LogP contribution in [0.3, 0.4) is 0 Å². The van der Waals surface area contributed by atoms with Gasteiger partial charge in [0.15, 0.2) is 0 Å². The van der Waals surface area contributed by atoms with E-state index >= 15 is 0 Å². The van der Waals surface area contributed by atoms with Gasteiger partial charge in [-0.2, -0.15) is 0 Å². The smallest absolute Gasteiger partial charge is 0.310 e. The Labute approximate surface area is 151 Å². The topological polar surface area (TPSA) is 84.1 Å². The van der Waals surface area contributed by atoms with Gasteiger partial charge in [0.25, 0.3) is 5.91 Å². The first-order valence-electron chi connectivity index (χ1n) is 8.32. The van der Waals surface area contributed by atoms with Crippen molar-refractivity contribution in [2.45, 2.75) is 13.3 Å². The monoisotopic (exact) mass is 349 g/mol. The summed E-state index contributed by atoms with van der Waals surface area (Å²) in [7, 11) is 0. The van der Waals surface area contributed by atoms with Crippen molar-refractivity contribution in [3.8, 4) is 11.4 Å². The lowest BCUT2D eigenvalue weighted by atomic mass is 10.1. The zero-order chi connectivity index (χ0) is 18.4. The first-order chi connectivity index (χ1) is 12.7. The van der Waals surface area contributed by atoms with Gasteiger partial charge in [-0.15, -0.1) is 0 Å². The molecule has 0 bridgehead atoms. The molecule has 0 atom stereocenters. The number of H-pyrrole nitrogens is 1. The first-order valence-corrected chi connectivity index (χ1v) is 8.32. The maximum absolute atomic E-state index is 12.4. The second-order valence-corrected chi connectivity index (χ2v) is 5.65. The molecule has 3 aromatic rings. The zero-order valence-corrected chi connectivity index (χ0v) is 14.4. The number of nitrogens with zero attached hydrogens (tertiary/aromatic N) is 1. The molecular formula is C20H19N3O3. The summed E-state index contributed by atoms with van der Waals surface area (Å²) in [5.74, 6) is 0.0387. The Hall–Kier alpha value is -3.41. The number of nitrogens with one attached hydrogen (secondary N) is 2. The van der Waals surface area contributed by atoms with Crippen LogP contribution in [-0.2, 0) is 16.0 Å². The molecule has 6 heteroatoms. The van der Waals surface area contributed by atoms with Crippen LogP contribution < -0.4 is 5.32 Å². The number of rotatable bonds is 6. The van der Waals surface area contributed by atoms with E-state index in [9.17, 15) is 9.59 Å². The SMILES string of the molecule is CCOC(=O)Cc1cccc(NC(=O)c2cnc(-c3ccccc3)[nH]2)c1. The van der Waals surface area contributed by atoms with Crippen LogP contribution in [0.2, 0.25) is 0 Å². The van der Waals surface area contributed by atoms with Gasteiger partial charge in [-0.25, -0.2) is 4.98 Å². The van der Waals surface area contributed by atoms with Gasteiger partial charge in [-0.1, -0.05) is 42.5 Å². The number of carbonyl (C=O) groups is 2. The molecule has 0 aliphatic heterocycles. The molecule has 132 valence electrons. The van der Waals surface area contributed by atoms with Crippen molar-refractivity contribution in [3.63, 3.8) is 0 Å². The molecule has 6 nitrogen and oxygen atoms in total. The summed E-state index contributed by atoms with van der Waals surface area (Å²) in [6, 6.07) is 16.7. The summed E-state index contributed by atoms with van der Waals surface area (Å²) in [6.45, 7) is 2.11. The van der Waals surface area contributed by atoms with Crippen LogP contribution in [0.1, 0.15) is 23.0 Å². The number of ether oxygens (including phenoxy) is 1. The Morgan fingerprint density at radius 1 is 1.12 bits per heavy atom. The molecule has 0 aliphatic carbocycles. The van der Waals surface area contributed by atoms with Crippen molar-refractivity contribution in [3.05, 3.63) is 72.1 Å². The third-order valence-corrected chi connectivity index (χ3v) is 3.71. The van der Waals surface area contributed by atoms with Crippen LogP contribution in [0.25, 0.3) is 11.4 Å². The Balaban J connectivity index is 1.69. The summed E-state index contributed by atoms with van der Waals surface area (Å²) in [4.78, 5) is 31.3. The summed E-state index contributed by atoms with van der Waals surface area (Å²) < 4.78 is 4.94. The van der Waals surface area contributed by atoms with Crippen LogP contribution in [0.15, 0.2) is 60.8 Å². The van der Waals surface area contributed by atoms with Crippen molar-refractivity contribution in [1.82, 2.24) is 9.97 Å². The second-order valence-electron chi connectivity index (χ2n) is 5.65. The van der Waals surface area contributed by atoms with Crippen molar-refractivity contribution in [2.24, 2.45) is 0 Å². The van der Waals surface area contributed by atoms with E-state index in [1.165, 1.54) is 6.20 Å². The molecule has 2 aromatic carbocycles. The third-order valence-electron chi connectivity index (χ3n) is 3.71. The molecule has 0 radical (unpaired) electrons. The largest absolute Gasteiger partial charge is 0.466 e. The van der Waals surface area contributed by atoms with E-state index in [1.807, 2.05) is 36.4 Å². The number of hydrogen-bond donors (Lipinski definition) is 2. The fraction of sp³-hybridized carbons (Fsp3) is 0.150. The van der Waals surface area contributed by atoms with Crippen molar-refractivity contribution < 1.29 is 14.3 Å². The van der Waals surface area contributed by atoms with E-state index in [-0.39, 0.29) is 18.3 Å². The quantitative estimate of drug-likeness (QED) is 0.668. The summed E-state index contributed by atoms with van der Waals surface area (Å²) >= 11 is 0. The average molecular weight is 349 g/mol. The van der Waals surface area contributed by atoms with Gasteiger partial charge in [-0.05, 0) is 24.6 Å². The van der Waals surface area contributed by atoms with Crippen LogP contribution >= 0.6 is 0 Å². The zero-order valence-electron chi connectivity index (χ0n) is 14.4. The lowest BCUT2D eigenvalue weighted by Crippen LogP contribution is -2.13. The number of imidazole rings is 1. The molecule has 0 aliphatic rings. The molecule has 0 fully saturated rings. The molecule has 0 saturated heterocycles. The predicted octanol–water partition coefficient (Wildman–Crippen LogP) is 3.43. The fourth-order valence-electron chi connectivity index (χ4n) is 2.52.